The van der Waals surface area contributed by atoms with Crippen LogP contribution in [0.4, 0.5) is 0 Å². The summed E-state index contributed by atoms with van der Waals surface area (Å²) in [6, 6.07) is 0. The quantitative estimate of drug-likeness (QED) is 0.595. The molecule has 10 heavy (non-hydrogen) atoms. The fourth-order valence-corrected chi connectivity index (χ4v) is 0.867. The minimum Gasteiger partial charge on any atom is -0.368 e. The molecule has 0 aliphatic carbocycles. The summed E-state index contributed by atoms with van der Waals surface area (Å²) in [5.41, 5.74) is 10.0. The SMILES string of the molecule is CC[C@](N)(C(N)=O)C(C)C. The summed E-state index contributed by atoms with van der Waals surface area (Å²) in [5, 5.41) is 0. The first-order valence-corrected chi connectivity index (χ1v) is 3.54. The zero-order valence-electron chi connectivity index (χ0n) is 6.85. The molecule has 0 aromatic heterocycles. The van der Waals surface area contributed by atoms with Gasteiger partial charge in [0.05, 0.1) is 5.54 Å². The third-order valence-electron chi connectivity index (χ3n) is 2.07. The minimum atomic E-state index is -0.819. The highest BCUT2D eigenvalue weighted by Crippen LogP contribution is 2.16. The lowest BCUT2D eigenvalue weighted by Gasteiger charge is -2.28. The number of rotatable bonds is 3. The highest BCUT2D eigenvalue weighted by Gasteiger charge is 2.32. The standard InChI is InChI=1S/C7H16N2O/c1-4-7(9,5(2)3)6(8)10/h5H,4,9H2,1-3H3,(H2,8,10)/t7-/m1/s1. The second kappa shape index (κ2) is 3.01. The number of amides is 1. The van der Waals surface area contributed by atoms with Crippen molar-refractivity contribution < 1.29 is 4.79 Å². The first-order valence-electron chi connectivity index (χ1n) is 3.54. The maximum Gasteiger partial charge on any atom is 0.237 e. The van der Waals surface area contributed by atoms with E-state index >= 15 is 0 Å². The Morgan fingerprint density at radius 3 is 2.00 bits per heavy atom. The number of nitrogens with two attached hydrogens (primary N) is 2. The van der Waals surface area contributed by atoms with E-state index in [1.165, 1.54) is 0 Å². The second-order valence-electron chi connectivity index (χ2n) is 2.91. The zero-order valence-corrected chi connectivity index (χ0v) is 6.85. The smallest absolute Gasteiger partial charge is 0.237 e. The van der Waals surface area contributed by atoms with E-state index in [-0.39, 0.29) is 5.92 Å². The van der Waals surface area contributed by atoms with Crippen molar-refractivity contribution in [1.82, 2.24) is 0 Å². The summed E-state index contributed by atoms with van der Waals surface area (Å²) in [7, 11) is 0. The minimum absolute atomic E-state index is 0.106. The van der Waals surface area contributed by atoms with Gasteiger partial charge in [0, 0.05) is 0 Å². The summed E-state index contributed by atoms with van der Waals surface area (Å²) < 4.78 is 0. The lowest BCUT2D eigenvalue weighted by Crippen LogP contribution is -2.55. The number of hydrogen-bond acceptors (Lipinski definition) is 2. The molecule has 4 N–H and O–H groups in total. The molecule has 0 aliphatic heterocycles. The van der Waals surface area contributed by atoms with Gasteiger partial charge in [-0.1, -0.05) is 20.8 Å². The Balaban J connectivity index is 4.38. The zero-order chi connectivity index (χ0) is 8.36. The molecule has 0 aromatic carbocycles. The number of hydrogen-bond donors (Lipinski definition) is 2. The van der Waals surface area contributed by atoms with Crippen LogP contribution in [0.5, 0.6) is 0 Å². The molecule has 3 nitrogen and oxygen atoms in total. The number of primary amides is 1. The van der Waals surface area contributed by atoms with E-state index in [0.29, 0.717) is 6.42 Å². The highest BCUT2D eigenvalue weighted by molar-refractivity contribution is 5.84. The second-order valence-corrected chi connectivity index (χ2v) is 2.91. The topological polar surface area (TPSA) is 69.1 Å². The van der Waals surface area contributed by atoms with Crippen molar-refractivity contribution in [1.29, 1.82) is 0 Å². The first-order chi connectivity index (χ1) is 4.45. The Hall–Kier alpha value is -0.570. The summed E-state index contributed by atoms with van der Waals surface area (Å²) >= 11 is 0. The van der Waals surface area contributed by atoms with E-state index in [1.807, 2.05) is 20.8 Å². The Morgan fingerprint density at radius 2 is 2.00 bits per heavy atom. The van der Waals surface area contributed by atoms with Crippen molar-refractivity contribution in [2.24, 2.45) is 17.4 Å². The maximum absolute atomic E-state index is 10.8. The van der Waals surface area contributed by atoms with Crippen LogP contribution in [0.1, 0.15) is 27.2 Å². The summed E-state index contributed by atoms with van der Waals surface area (Å²) in [4.78, 5) is 10.8. The van der Waals surface area contributed by atoms with Gasteiger partial charge >= 0.3 is 0 Å². The van der Waals surface area contributed by atoms with Crippen LogP contribution in [0, 0.1) is 5.92 Å². The molecule has 0 saturated carbocycles. The van der Waals surface area contributed by atoms with E-state index in [0.717, 1.165) is 0 Å². The molecule has 1 atom stereocenters. The van der Waals surface area contributed by atoms with E-state index in [9.17, 15) is 4.79 Å². The van der Waals surface area contributed by atoms with Crippen LogP contribution < -0.4 is 11.5 Å². The summed E-state index contributed by atoms with van der Waals surface area (Å²) in [6.45, 7) is 5.66. The van der Waals surface area contributed by atoms with Crippen LogP contribution in [0.3, 0.4) is 0 Å². The van der Waals surface area contributed by atoms with Gasteiger partial charge < -0.3 is 11.5 Å². The van der Waals surface area contributed by atoms with Gasteiger partial charge in [-0.25, -0.2) is 0 Å². The van der Waals surface area contributed by atoms with E-state index in [4.69, 9.17) is 11.5 Å². The Bertz CT molecular complexity index is 134. The highest BCUT2D eigenvalue weighted by atomic mass is 16.1. The molecule has 0 rings (SSSR count). The Kier molecular flexibility index (Phi) is 2.84. The van der Waals surface area contributed by atoms with E-state index in [2.05, 4.69) is 0 Å². The molecule has 0 heterocycles. The van der Waals surface area contributed by atoms with Gasteiger partial charge in [0.25, 0.3) is 0 Å². The van der Waals surface area contributed by atoms with Crippen molar-refractivity contribution in [3.63, 3.8) is 0 Å². The lowest BCUT2D eigenvalue weighted by atomic mass is 9.84. The van der Waals surface area contributed by atoms with Gasteiger partial charge in [-0.2, -0.15) is 0 Å². The van der Waals surface area contributed by atoms with E-state index < -0.39 is 11.4 Å². The monoisotopic (exact) mass is 144 g/mol. The number of carbonyl (C=O) groups excluding carboxylic acids is 1. The Morgan fingerprint density at radius 1 is 1.60 bits per heavy atom. The van der Waals surface area contributed by atoms with Crippen LogP contribution in [-0.2, 0) is 4.79 Å². The predicted octanol–water partition coefficient (Wildman–Crippen LogP) is 0.235. The van der Waals surface area contributed by atoms with Crippen LogP contribution >= 0.6 is 0 Å². The van der Waals surface area contributed by atoms with Crippen molar-refractivity contribution in [2.45, 2.75) is 32.7 Å². The molecular formula is C7H16N2O. The maximum atomic E-state index is 10.8. The molecule has 0 radical (unpaired) electrons. The van der Waals surface area contributed by atoms with Crippen molar-refractivity contribution in [3.05, 3.63) is 0 Å². The number of carbonyl (C=O) groups is 1. The predicted molar refractivity (Wildman–Crippen MR) is 41.2 cm³/mol. The molecule has 0 fully saturated rings. The molecule has 3 heteroatoms. The van der Waals surface area contributed by atoms with Gasteiger partial charge in [0.15, 0.2) is 0 Å². The Labute approximate surface area is 61.8 Å². The third-order valence-corrected chi connectivity index (χ3v) is 2.07. The third kappa shape index (κ3) is 1.48. The first kappa shape index (κ1) is 9.43. The summed E-state index contributed by atoms with van der Waals surface area (Å²) in [5.74, 6) is -0.306. The van der Waals surface area contributed by atoms with Crippen molar-refractivity contribution >= 4 is 5.91 Å². The van der Waals surface area contributed by atoms with Gasteiger partial charge in [-0.15, -0.1) is 0 Å². The molecule has 1 amide bonds. The normalized spacial score (nSPS) is 16.9. The molecule has 0 bridgehead atoms. The van der Waals surface area contributed by atoms with Gasteiger partial charge in [-0.05, 0) is 12.3 Å². The fraction of sp³-hybridized carbons (Fsp3) is 0.857. The van der Waals surface area contributed by atoms with Gasteiger partial charge in [0.1, 0.15) is 0 Å². The molecule has 0 aromatic rings. The van der Waals surface area contributed by atoms with Crippen molar-refractivity contribution in [3.8, 4) is 0 Å². The molecular weight excluding hydrogens is 128 g/mol. The molecule has 0 unspecified atom stereocenters. The van der Waals surface area contributed by atoms with Crippen molar-refractivity contribution in [2.75, 3.05) is 0 Å². The molecule has 0 spiro atoms. The average Bonchev–Trinajstić information content (AvgIpc) is 1.85. The molecule has 0 saturated heterocycles. The van der Waals surface area contributed by atoms with Gasteiger partial charge in [-0.3, -0.25) is 4.79 Å². The van der Waals surface area contributed by atoms with E-state index in [1.54, 1.807) is 0 Å². The fourth-order valence-electron chi connectivity index (χ4n) is 0.867. The summed E-state index contributed by atoms with van der Waals surface area (Å²) in [6.07, 6.45) is 0.597. The molecule has 60 valence electrons. The van der Waals surface area contributed by atoms with Crippen LogP contribution in [-0.4, -0.2) is 11.4 Å². The average molecular weight is 144 g/mol. The largest absolute Gasteiger partial charge is 0.368 e. The van der Waals surface area contributed by atoms with Crippen LogP contribution in [0.2, 0.25) is 0 Å². The van der Waals surface area contributed by atoms with Crippen LogP contribution in [0.15, 0.2) is 0 Å². The lowest BCUT2D eigenvalue weighted by molar-refractivity contribution is -0.124. The van der Waals surface area contributed by atoms with Crippen LogP contribution in [0.25, 0.3) is 0 Å². The van der Waals surface area contributed by atoms with Gasteiger partial charge in [0.2, 0.25) is 5.91 Å². The molecule has 0 aliphatic rings.